The highest BCUT2D eigenvalue weighted by atomic mass is 32.2. The van der Waals surface area contributed by atoms with Crippen molar-refractivity contribution >= 4 is 11.8 Å². The normalized spacial score (nSPS) is 22.6. The lowest BCUT2D eigenvalue weighted by molar-refractivity contribution is 0.0731. The van der Waals surface area contributed by atoms with Crippen LogP contribution in [0.4, 0.5) is 0 Å². The third-order valence-corrected chi connectivity index (χ3v) is 3.01. The molecule has 0 saturated carbocycles. The molecule has 78 valence electrons. The van der Waals surface area contributed by atoms with Crippen molar-refractivity contribution in [2.45, 2.75) is 11.2 Å². The zero-order valence-electron chi connectivity index (χ0n) is 8.36. The van der Waals surface area contributed by atoms with Crippen LogP contribution >= 0.6 is 11.8 Å². The molecule has 0 amide bonds. The summed E-state index contributed by atoms with van der Waals surface area (Å²) in [5, 5.41) is 12.5. The van der Waals surface area contributed by atoms with Crippen molar-refractivity contribution in [3.05, 3.63) is 5.82 Å². The van der Waals surface area contributed by atoms with Gasteiger partial charge in [-0.15, -0.1) is 10.2 Å². The van der Waals surface area contributed by atoms with Gasteiger partial charge in [0, 0.05) is 13.6 Å². The molecule has 0 aliphatic carbocycles. The molecule has 1 unspecified atom stereocenters. The number of nitrogens with one attached hydrogen (secondary N) is 1. The molecule has 1 fully saturated rings. The Kier molecular flexibility index (Phi) is 3.05. The summed E-state index contributed by atoms with van der Waals surface area (Å²) in [4.78, 5) is 0. The van der Waals surface area contributed by atoms with Gasteiger partial charge in [-0.25, -0.2) is 0 Å². The number of morpholine rings is 1. The summed E-state index contributed by atoms with van der Waals surface area (Å²) in [6, 6.07) is 0.183. The monoisotopic (exact) mass is 214 g/mol. The van der Waals surface area contributed by atoms with Crippen LogP contribution in [-0.2, 0) is 11.8 Å². The fraction of sp³-hybridized carbons (Fsp3) is 0.750. The Morgan fingerprint density at radius 3 is 3.00 bits per heavy atom. The number of thioether (sulfide) groups is 1. The van der Waals surface area contributed by atoms with Gasteiger partial charge in [0.25, 0.3) is 0 Å². The van der Waals surface area contributed by atoms with Gasteiger partial charge in [-0.2, -0.15) is 0 Å². The van der Waals surface area contributed by atoms with Crippen LogP contribution in [0.25, 0.3) is 0 Å². The topological polar surface area (TPSA) is 52.0 Å². The van der Waals surface area contributed by atoms with Gasteiger partial charge in [-0.3, -0.25) is 0 Å². The van der Waals surface area contributed by atoms with Gasteiger partial charge in [0.2, 0.25) is 0 Å². The van der Waals surface area contributed by atoms with Crippen LogP contribution in [0.2, 0.25) is 0 Å². The number of aromatic nitrogens is 3. The van der Waals surface area contributed by atoms with Crippen LogP contribution in [0.5, 0.6) is 0 Å². The second-order valence-corrected chi connectivity index (χ2v) is 3.96. The molecule has 2 rings (SSSR count). The van der Waals surface area contributed by atoms with Crippen molar-refractivity contribution in [2.75, 3.05) is 26.0 Å². The molecular formula is C8H14N4OS. The minimum absolute atomic E-state index is 0.183. The first-order valence-electron chi connectivity index (χ1n) is 4.57. The molecule has 14 heavy (non-hydrogen) atoms. The molecule has 0 spiro atoms. The standard InChI is InChI=1S/C8H14N4OS/c1-12-7(10-11-8(12)14-2)6-5-13-4-3-9-6/h6,9H,3-5H2,1-2H3. The first-order valence-corrected chi connectivity index (χ1v) is 5.80. The number of hydrogen-bond donors (Lipinski definition) is 1. The molecule has 5 nitrogen and oxygen atoms in total. The summed E-state index contributed by atoms with van der Waals surface area (Å²) in [5.41, 5.74) is 0. The predicted octanol–water partition coefficient (Wildman–Crippen LogP) is 0.198. The smallest absolute Gasteiger partial charge is 0.190 e. The summed E-state index contributed by atoms with van der Waals surface area (Å²) in [6.07, 6.45) is 2.00. The summed E-state index contributed by atoms with van der Waals surface area (Å²) >= 11 is 1.60. The SMILES string of the molecule is CSc1nnc(C2COCCN2)n1C. The average Bonchev–Trinajstić information content (AvgIpc) is 2.61. The van der Waals surface area contributed by atoms with E-state index < -0.39 is 0 Å². The average molecular weight is 214 g/mol. The molecule has 0 aromatic carbocycles. The van der Waals surface area contributed by atoms with E-state index in [1.807, 2.05) is 17.9 Å². The van der Waals surface area contributed by atoms with Crippen LogP contribution in [0.3, 0.4) is 0 Å². The number of nitrogens with zero attached hydrogens (tertiary/aromatic N) is 3. The molecule has 0 bridgehead atoms. The van der Waals surface area contributed by atoms with Gasteiger partial charge in [0.05, 0.1) is 19.3 Å². The molecule has 1 aliphatic heterocycles. The summed E-state index contributed by atoms with van der Waals surface area (Å²) in [5.74, 6) is 0.953. The van der Waals surface area contributed by atoms with Gasteiger partial charge in [0.1, 0.15) is 0 Å². The molecule has 1 N–H and O–H groups in total. The number of ether oxygens (including phenoxy) is 1. The summed E-state index contributed by atoms with van der Waals surface area (Å²) in [6.45, 7) is 2.34. The van der Waals surface area contributed by atoms with E-state index in [-0.39, 0.29) is 6.04 Å². The molecule has 6 heteroatoms. The molecular weight excluding hydrogens is 200 g/mol. The zero-order valence-corrected chi connectivity index (χ0v) is 9.17. The molecule has 1 atom stereocenters. The minimum Gasteiger partial charge on any atom is -0.378 e. The summed E-state index contributed by atoms with van der Waals surface area (Å²) in [7, 11) is 1.98. The Morgan fingerprint density at radius 1 is 1.57 bits per heavy atom. The molecule has 0 radical (unpaired) electrons. The van der Waals surface area contributed by atoms with E-state index in [0.29, 0.717) is 6.61 Å². The number of hydrogen-bond acceptors (Lipinski definition) is 5. The van der Waals surface area contributed by atoms with Crippen LogP contribution in [0.15, 0.2) is 5.16 Å². The number of rotatable bonds is 2. The van der Waals surface area contributed by atoms with E-state index in [2.05, 4.69) is 15.5 Å². The highest BCUT2D eigenvalue weighted by Crippen LogP contribution is 2.18. The zero-order chi connectivity index (χ0) is 9.97. The Bertz CT molecular complexity index is 308. The van der Waals surface area contributed by atoms with E-state index in [1.165, 1.54) is 0 Å². The molecule has 1 aromatic heterocycles. The first kappa shape index (κ1) is 9.95. The molecule has 1 aliphatic rings. The lowest BCUT2D eigenvalue weighted by Gasteiger charge is -2.22. The van der Waals surface area contributed by atoms with E-state index in [4.69, 9.17) is 4.74 Å². The second kappa shape index (κ2) is 4.29. The predicted molar refractivity (Wildman–Crippen MR) is 54.3 cm³/mol. The van der Waals surface area contributed by atoms with Crippen molar-refractivity contribution in [1.29, 1.82) is 0 Å². The van der Waals surface area contributed by atoms with Gasteiger partial charge in [-0.1, -0.05) is 11.8 Å². The second-order valence-electron chi connectivity index (χ2n) is 3.19. The molecule has 1 saturated heterocycles. The van der Waals surface area contributed by atoms with Crippen LogP contribution in [-0.4, -0.2) is 40.8 Å². The van der Waals surface area contributed by atoms with Crippen molar-refractivity contribution < 1.29 is 4.74 Å². The van der Waals surface area contributed by atoms with Crippen LogP contribution in [0.1, 0.15) is 11.9 Å². The van der Waals surface area contributed by atoms with E-state index in [0.717, 1.165) is 24.1 Å². The maximum atomic E-state index is 5.38. The van der Waals surface area contributed by atoms with E-state index >= 15 is 0 Å². The maximum Gasteiger partial charge on any atom is 0.190 e. The van der Waals surface area contributed by atoms with Crippen LogP contribution < -0.4 is 5.32 Å². The Labute approximate surface area is 87.2 Å². The fourth-order valence-electron chi connectivity index (χ4n) is 1.54. The highest BCUT2D eigenvalue weighted by Gasteiger charge is 2.21. The summed E-state index contributed by atoms with van der Waals surface area (Å²) < 4.78 is 7.39. The lowest BCUT2D eigenvalue weighted by Crippen LogP contribution is -2.36. The largest absolute Gasteiger partial charge is 0.378 e. The van der Waals surface area contributed by atoms with Gasteiger partial charge >= 0.3 is 0 Å². The van der Waals surface area contributed by atoms with Crippen molar-refractivity contribution in [3.63, 3.8) is 0 Å². The van der Waals surface area contributed by atoms with Crippen molar-refractivity contribution in [3.8, 4) is 0 Å². The third kappa shape index (κ3) is 1.77. The Balaban J connectivity index is 2.18. The Hall–Kier alpha value is -0.590. The Morgan fingerprint density at radius 2 is 2.43 bits per heavy atom. The van der Waals surface area contributed by atoms with Gasteiger partial charge in [-0.05, 0) is 6.26 Å². The first-order chi connectivity index (χ1) is 6.83. The molecule has 1 aromatic rings. The highest BCUT2D eigenvalue weighted by molar-refractivity contribution is 7.98. The van der Waals surface area contributed by atoms with E-state index in [1.54, 1.807) is 11.8 Å². The third-order valence-electron chi connectivity index (χ3n) is 2.28. The van der Waals surface area contributed by atoms with Crippen molar-refractivity contribution in [1.82, 2.24) is 20.1 Å². The molecule has 2 heterocycles. The fourth-order valence-corrected chi connectivity index (χ4v) is 2.03. The maximum absolute atomic E-state index is 5.38. The van der Waals surface area contributed by atoms with Gasteiger partial charge < -0.3 is 14.6 Å². The van der Waals surface area contributed by atoms with Crippen molar-refractivity contribution in [2.24, 2.45) is 7.05 Å². The van der Waals surface area contributed by atoms with Gasteiger partial charge in [0.15, 0.2) is 11.0 Å². The minimum atomic E-state index is 0.183. The van der Waals surface area contributed by atoms with Crippen LogP contribution in [0, 0.1) is 0 Å². The lowest BCUT2D eigenvalue weighted by atomic mass is 10.2. The quantitative estimate of drug-likeness (QED) is 0.713. The van der Waals surface area contributed by atoms with E-state index in [9.17, 15) is 0 Å².